The number of Topliss-reactive ketones (excluding diaryl/α,β-unsaturated/α-hetero) is 1. The molecule has 5 nitrogen and oxygen atoms in total. The lowest BCUT2D eigenvalue weighted by Crippen LogP contribution is -2.30. The molecule has 2 aromatic carbocycles. The van der Waals surface area contributed by atoms with Gasteiger partial charge in [0.1, 0.15) is 5.75 Å². The Bertz CT molecular complexity index is 913. The molecule has 1 amide bonds. The van der Waals surface area contributed by atoms with Crippen molar-refractivity contribution in [2.75, 3.05) is 13.2 Å². The predicted molar refractivity (Wildman–Crippen MR) is 106 cm³/mol. The van der Waals surface area contributed by atoms with Crippen LogP contribution < -0.4 is 10.1 Å². The third-order valence-corrected chi connectivity index (χ3v) is 4.45. The molecule has 27 heavy (non-hydrogen) atoms. The topological polar surface area (TPSA) is 60.3 Å². The predicted octanol–water partition coefficient (Wildman–Crippen LogP) is 3.82. The second-order valence-corrected chi connectivity index (χ2v) is 6.36. The lowest BCUT2D eigenvalue weighted by atomic mass is 10.1. The highest BCUT2D eigenvalue weighted by molar-refractivity contribution is 5.95. The number of aromatic nitrogens is 1. The first-order valence-electron chi connectivity index (χ1n) is 9.24. The molecule has 0 radical (unpaired) electrons. The first kappa shape index (κ1) is 18.7. The SMILES string of the molecule is CCC(=O)c1ccc(OCC(=O)NCCCn2ccc3ccccc32)cc1. The number of carbonyl (C=O) groups is 2. The molecule has 0 aliphatic rings. The number of para-hydroxylation sites is 1. The van der Waals surface area contributed by atoms with E-state index in [4.69, 9.17) is 4.74 Å². The van der Waals surface area contributed by atoms with Gasteiger partial charge in [-0.15, -0.1) is 0 Å². The van der Waals surface area contributed by atoms with Crippen molar-refractivity contribution in [1.29, 1.82) is 0 Å². The zero-order valence-corrected chi connectivity index (χ0v) is 15.5. The van der Waals surface area contributed by atoms with Gasteiger partial charge in [-0.25, -0.2) is 0 Å². The lowest BCUT2D eigenvalue weighted by Gasteiger charge is -2.09. The zero-order chi connectivity index (χ0) is 19.1. The summed E-state index contributed by atoms with van der Waals surface area (Å²) in [6.07, 6.45) is 3.39. The van der Waals surface area contributed by atoms with Gasteiger partial charge in [-0.3, -0.25) is 9.59 Å². The van der Waals surface area contributed by atoms with Crippen LogP contribution in [0.25, 0.3) is 10.9 Å². The van der Waals surface area contributed by atoms with Crippen LogP contribution in [0.4, 0.5) is 0 Å². The second kappa shape index (κ2) is 9.03. The van der Waals surface area contributed by atoms with Crippen molar-refractivity contribution in [2.45, 2.75) is 26.3 Å². The summed E-state index contributed by atoms with van der Waals surface area (Å²) in [6, 6.07) is 17.2. The summed E-state index contributed by atoms with van der Waals surface area (Å²) in [7, 11) is 0. The van der Waals surface area contributed by atoms with E-state index in [-0.39, 0.29) is 18.3 Å². The minimum atomic E-state index is -0.152. The number of ketones is 1. The Hall–Kier alpha value is -3.08. The van der Waals surface area contributed by atoms with E-state index >= 15 is 0 Å². The van der Waals surface area contributed by atoms with E-state index in [1.54, 1.807) is 24.3 Å². The van der Waals surface area contributed by atoms with E-state index in [1.807, 2.05) is 19.1 Å². The highest BCUT2D eigenvalue weighted by Gasteiger charge is 2.05. The van der Waals surface area contributed by atoms with Crippen LogP contribution >= 0.6 is 0 Å². The van der Waals surface area contributed by atoms with Crippen molar-refractivity contribution in [2.24, 2.45) is 0 Å². The van der Waals surface area contributed by atoms with Gasteiger partial charge in [0.2, 0.25) is 0 Å². The number of ether oxygens (including phenoxy) is 1. The maximum atomic E-state index is 11.9. The summed E-state index contributed by atoms with van der Waals surface area (Å²) < 4.78 is 7.66. The second-order valence-electron chi connectivity index (χ2n) is 6.36. The number of hydrogen-bond acceptors (Lipinski definition) is 3. The number of aryl methyl sites for hydroxylation is 1. The van der Waals surface area contributed by atoms with E-state index in [0.717, 1.165) is 13.0 Å². The summed E-state index contributed by atoms with van der Waals surface area (Å²) in [5, 5.41) is 4.09. The van der Waals surface area contributed by atoms with E-state index in [1.165, 1.54) is 10.9 Å². The molecule has 0 saturated heterocycles. The molecule has 140 valence electrons. The average Bonchev–Trinajstić information content (AvgIpc) is 3.12. The molecule has 5 heteroatoms. The standard InChI is InChI=1S/C22H24N2O3/c1-2-21(25)18-8-10-19(11-9-18)27-16-22(26)23-13-5-14-24-15-12-17-6-3-4-7-20(17)24/h3-4,6-12,15H,2,5,13-14,16H2,1H3,(H,23,26). The van der Waals surface area contributed by atoms with Gasteiger partial charge in [0.15, 0.2) is 12.4 Å². The molecule has 0 aliphatic carbocycles. The molecule has 0 saturated carbocycles. The van der Waals surface area contributed by atoms with Crippen LogP contribution in [0, 0.1) is 0 Å². The maximum Gasteiger partial charge on any atom is 0.257 e. The zero-order valence-electron chi connectivity index (χ0n) is 15.5. The van der Waals surface area contributed by atoms with Crippen molar-refractivity contribution in [1.82, 2.24) is 9.88 Å². The van der Waals surface area contributed by atoms with Crippen LogP contribution in [-0.2, 0) is 11.3 Å². The van der Waals surface area contributed by atoms with Gasteiger partial charge in [-0.05, 0) is 48.2 Å². The molecule has 0 unspecified atom stereocenters. The van der Waals surface area contributed by atoms with Gasteiger partial charge in [-0.2, -0.15) is 0 Å². The summed E-state index contributed by atoms with van der Waals surface area (Å²) in [6.45, 7) is 3.24. The molecule has 0 fully saturated rings. The minimum Gasteiger partial charge on any atom is -0.484 e. The monoisotopic (exact) mass is 364 g/mol. The molecule has 3 rings (SSSR count). The van der Waals surface area contributed by atoms with Crippen LogP contribution in [0.1, 0.15) is 30.1 Å². The van der Waals surface area contributed by atoms with Crippen molar-refractivity contribution < 1.29 is 14.3 Å². The van der Waals surface area contributed by atoms with Gasteiger partial charge in [0, 0.05) is 36.8 Å². The summed E-state index contributed by atoms with van der Waals surface area (Å²) in [4.78, 5) is 23.5. The Labute approximate surface area is 158 Å². The molecular weight excluding hydrogens is 340 g/mol. The van der Waals surface area contributed by atoms with E-state index in [2.05, 4.69) is 34.3 Å². The number of nitrogens with zero attached hydrogens (tertiary/aromatic N) is 1. The van der Waals surface area contributed by atoms with Gasteiger partial charge in [0.25, 0.3) is 5.91 Å². The van der Waals surface area contributed by atoms with Gasteiger partial charge < -0.3 is 14.6 Å². The highest BCUT2D eigenvalue weighted by atomic mass is 16.5. The smallest absolute Gasteiger partial charge is 0.257 e. The highest BCUT2D eigenvalue weighted by Crippen LogP contribution is 2.15. The number of benzene rings is 2. The Kier molecular flexibility index (Phi) is 6.26. The van der Waals surface area contributed by atoms with Crippen LogP contribution in [0.2, 0.25) is 0 Å². The van der Waals surface area contributed by atoms with Crippen LogP contribution in [0.5, 0.6) is 5.75 Å². The fourth-order valence-electron chi connectivity index (χ4n) is 2.95. The normalized spacial score (nSPS) is 10.7. The Balaban J connectivity index is 1.38. The first-order chi connectivity index (χ1) is 13.2. The Morgan fingerprint density at radius 1 is 1.04 bits per heavy atom. The molecule has 1 N–H and O–H groups in total. The van der Waals surface area contributed by atoms with Crippen LogP contribution in [-0.4, -0.2) is 29.4 Å². The fourth-order valence-corrected chi connectivity index (χ4v) is 2.95. The molecule has 0 atom stereocenters. The summed E-state index contributed by atoms with van der Waals surface area (Å²) in [5.41, 5.74) is 1.86. The molecule has 0 spiro atoms. The first-order valence-corrected chi connectivity index (χ1v) is 9.24. The van der Waals surface area contributed by atoms with Crippen LogP contribution in [0.15, 0.2) is 60.8 Å². The number of carbonyl (C=O) groups excluding carboxylic acids is 2. The Morgan fingerprint density at radius 3 is 2.59 bits per heavy atom. The molecule has 1 heterocycles. The number of hydrogen-bond donors (Lipinski definition) is 1. The summed E-state index contributed by atoms with van der Waals surface area (Å²) in [5.74, 6) is 0.521. The van der Waals surface area contributed by atoms with Gasteiger partial charge >= 0.3 is 0 Å². The Morgan fingerprint density at radius 2 is 1.81 bits per heavy atom. The summed E-state index contributed by atoms with van der Waals surface area (Å²) >= 11 is 0. The maximum absolute atomic E-state index is 11.9. The largest absolute Gasteiger partial charge is 0.484 e. The van der Waals surface area contributed by atoms with Crippen molar-refractivity contribution in [3.8, 4) is 5.75 Å². The van der Waals surface area contributed by atoms with E-state index in [9.17, 15) is 9.59 Å². The third-order valence-electron chi connectivity index (χ3n) is 4.45. The van der Waals surface area contributed by atoms with Crippen molar-refractivity contribution in [3.63, 3.8) is 0 Å². The average molecular weight is 364 g/mol. The molecule has 1 aromatic heterocycles. The fraction of sp³-hybridized carbons (Fsp3) is 0.273. The van der Waals surface area contributed by atoms with Gasteiger partial charge in [-0.1, -0.05) is 25.1 Å². The van der Waals surface area contributed by atoms with Crippen molar-refractivity contribution >= 4 is 22.6 Å². The number of fused-ring (bicyclic) bond motifs is 1. The van der Waals surface area contributed by atoms with Crippen LogP contribution in [0.3, 0.4) is 0 Å². The number of amides is 1. The van der Waals surface area contributed by atoms with E-state index in [0.29, 0.717) is 24.3 Å². The quantitative estimate of drug-likeness (QED) is 0.464. The molecule has 0 bridgehead atoms. The molecule has 0 aliphatic heterocycles. The molecule has 3 aromatic rings. The van der Waals surface area contributed by atoms with E-state index < -0.39 is 0 Å². The minimum absolute atomic E-state index is 0.0342. The lowest BCUT2D eigenvalue weighted by molar-refractivity contribution is -0.123. The molecular formula is C22H24N2O3. The number of rotatable bonds is 9. The number of nitrogens with one attached hydrogen (secondary N) is 1. The third kappa shape index (κ3) is 4.97. The van der Waals surface area contributed by atoms with Crippen molar-refractivity contribution in [3.05, 3.63) is 66.4 Å². The van der Waals surface area contributed by atoms with Gasteiger partial charge in [0.05, 0.1) is 0 Å².